The predicted molar refractivity (Wildman–Crippen MR) is 135 cm³/mol. The second-order valence-electron chi connectivity index (χ2n) is 8.10. The van der Waals surface area contributed by atoms with Crippen molar-refractivity contribution in [1.82, 2.24) is 14.0 Å². The molecule has 0 radical (unpaired) electrons. The first-order valence-electron chi connectivity index (χ1n) is 11.5. The third-order valence-electron chi connectivity index (χ3n) is 5.93. The van der Waals surface area contributed by atoms with Crippen molar-refractivity contribution in [3.8, 4) is 5.75 Å². The monoisotopic (exact) mass is 462 g/mol. The van der Waals surface area contributed by atoms with Gasteiger partial charge in [-0.2, -0.15) is 0 Å². The summed E-state index contributed by atoms with van der Waals surface area (Å²) >= 11 is 6.18. The lowest BCUT2D eigenvalue weighted by atomic mass is 10.2. The first-order chi connectivity index (χ1) is 16.2. The van der Waals surface area contributed by atoms with Crippen molar-refractivity contribution >= 4 is 22.6 Å². The maximum absolute atomic E-state index is 8.88. The summed E-state index contributed by atoms with van der Waals surface area (Å²) in [6, 6.07) is 26.4. The van der Waals surface area contributed by atoms with Crippen LogP contribution in [0, 0.1) is 5.41 Å². The zero-order valence-corrected chi connectivity index (χ0v) is 19.8. The number of aryl methyl sites for hydroxylation is 1. The smallest absolute Gasteiger partial charge is 0.203 e. The van der Waals surface area contributed by atoms with Crippen molar-refractivity contribution in [2.24, 2.45) is 0 Å². The number of ether oxygens (including phenoxy) is 1. The molecule has 33 heavy (non-hydrogen) atoms. The fourth-order valence-electron chi connectivity index (χ4n) is 4.15. The van der Waals surface area contributed by atoms with E-state index in [2.05, 4.69) is 63.4 Å². The van der Waals surface area contributed by atoms with Gasteiger partial charge >= 0.3 is 0 Å². The number of hydrogen-bond donors (Lipinski definition) is 1. The van der Waals surface area contributed by atoms with Crippen molar-refractivity contribution in [2.75, 3.05) is 19.7 Å². The van der Waals surface area contributed by atoms with Crippen molar-refractivity contribution in [3.05, 3.63) is 95.1 Å². The maximum Gasteiger partial charge on any atom is 0.203 e. The summed E-state index contributed by atoms with van der Waals surface area (Å²) in [4.78, 5) is 2.42. The van der Waals surface area contributed by atoms with Crippen LogP contribution in [0.4, 0.5) is 0 Å². The largest absolute Gasteiger partial charge is 0.492 e. The molecule has 0 fully saturated rings. The molecule has 0 bridgehead atoms. The molecule has 0 amide bonds. The number of nitrogens with one attached hydrogen (secondary N) is 1. The number of hydrogen-bond acceptors (Lipinski definition) is 3. The highest BCUT2D eigenvalue weighted by molar-refractivity contribution is 6.32. The number of aromatic nitrogens is 2. The van der Waals surface area contributed by atoms with E-state index in [1.807, 2.05) is 36.4 Å². The SMILES string of the molecule is CCN(CCn1c(=N)n(CCCOc2ccccc2Cl)c2ccccc21)Cc1ccccc1. The van der Waals surface area contributed by atoms with Crippen LogP contribution in [0.2, 0.25) is 5.02 Å². The van der Waals surface area contributed by atoms with Crippen LogP contribution in [0.25, 0.3) is 11.0 Å². The normalized spacial score (nSPS) is 11.4. The zero-order chi connectivity index (χ0) is 23.0. The van der Waals surface area contributed by atoms with Crippen LogP contribution in [0.3, 0.4) is 0 Å². The number of halogens is 1. The molecule has 1 N–H and O–H groups in total. The minimum Gasteiger partial charge on any atom is -0.492 e. The van der Waals surface area contributed by atoms with Gasteiger partial charge in [-0.15, -0.1) is 0 Å². The summed E-state index contributed by atoms with van der Waals surface area (Å²) < 4.78 is 10.1. The minimum absolute atomic E-state index is 0.532. The highest BCUT2D eigenvalue weighted by Gasteiger charge is 2.12. The van der Waals surface area contributed by atoms with Crippen molar-refractivity contribution in [3.63, 3.8) is 0 Å². The van der Waals surface area contributed by atoms with Crippen LogP contribution in [-0.2, 0) is 19.6 Å². The highest BCUT2D eigenvalue weighted by atomic mass is 35.5. The van der Waals surface area contributed by atoms with E-state index in [0.29, 0.717) is 23.0 Å². The molecule has 0 saturated carbocycles. The first kappa shape index (κ1) is 23.1. The van der Waals surface area contributed by atoms with Gasteiger partial charge in [0, 0.05) is 26.2 Å². The van der Waals surface area contributed by atoms with Crippen molar-refractivity contribution in [2.45, 2.75) is 33.0 Å². The summed E-state index contributed by atoms with van der Waals surface area (Å²) in [5, 5.41) is 9.50. The van der Waals surface area contributed by atoms with Crippen LogP contribution in [0.5, 0.6) is 5.75 Å². The zero-order valence-electron chi connectivity index (χ0n) is 19.1. The Bertz CT molecular complexity index is 1230. The Labute approximate surface area is 200 Å². The average molecular weight is 463 g/mol. The Kier molecular flexibility index (Phi) is 7.87. The van der Waals surface area contributed by atoms with E-state index in [1.165, 1.54) is 5.56 Å². The van der Waals surface area contributed by atoms with Gasteiger partial charge in [-0.05, 0) is 42.8 Å². The Morgan fingerprint density at radius 2 is 1.48 bits per heavy atom. The van der Waals surface area contributed by atoms with Gasteiger partial charge < -0.3 is 13.9 Å². The van der Waals surface area contributed by atoms with E-state index in [-0.39, 0.29) is 0 Å². The molecule has 0 saturated heterocycles. The molecule has 0 unspecified atom stereocenters. The number of benzene rings is 3. The van der Waals surface area contributed by atoms with Crippen molar-refractivity contribution in [1.29, 1.82) is 5.41 Å². The molecule has 0 aliphatic rings. The van der Waals surface area contributed by atoms with E-state index in [4.69, 9.17) is 21.7 Å². The summed E-state index contributed by atoms with van der Waals surface area (Å²) in [5.41, 5.74) is 4.04. The van der Waals surface area contributed by atoms with E-state index < -0.39 is 0 Å². The van der Waals surface area contributed by atoms with Crippen molar-refractivity contribution < 1.29 is 4.74 Å². The molecular weight excluding hydrogens is 432 g/mol. The lowest BCUT2D eigenvalue weighted by Crippen LogP contribution is -2.32. The predicted octanol–water partition coefficient (Wildman–Crippen LogP) is 5.57. The fraction of sp³-hybridized carbons (Fsp3) is 0.296. The second kappa shape index (κ2) is 11.2. The van der Waals surface area contributed by atoms with Crippen LogP contribution in [-0.4, -0.2) is 33.7 Å². The maximum atomic E-state index is 8.88. The van der Waals surface area contributed by atoms with Gasteiger partial charge in [0.1, 0.15) is 5.75 Å². The molecule has 0 aliphatic heterocycles. The Morgan fingerprint density at radius 1 is 0.848 bits per heavy atom. The second-order valence-corrected chi connectivity index (χ2v) is 8.51. The minimum atomic E-state index is 0.532. The first-order valence-corrected chi connectivity index (χ1v) is 11.9. The standard InChI is InChI=1S/C27H31ClN4O/c1-2-30(21-22-11-4-3-5-12-22)18-19-32-25-15-8-7-14-24(25)31(27(32)29)17-10-20-33-26-16-9-6-13-23(26)28/h3-9,11-16,29H,2,10,17-21H2,1H3. The quantitative estimate of drug-likeness (QED) is 0.296. The Hall–Kier alpha value is -3.02. The van der Waals surface area contributed by atoms with Gasteiger partial charge in [-0.1, -0.05) is 73.1 Å². The van der Waals surface area contributed by atoms with Crippen LogP contribution in [0.15, 0.2) is 78.9 Å². The summed E-state index contributed by atoms with van der Waals surface area (Å²) in [5.74, 6) is 0.704. The number of likely N-dealkylation sites (N-methyl/N-ethyl adjacent to an activating group) is 1. The van der Waals surface area contributed by atoms with E-state index >= 15 is 0 Å². The highest BCUT2D eigenvalue weighted by Crippen LogP contribution is 2.23. The Balaban J connectivity index is 1.44. The summed E-state index contributed by atoms with van der Waals surface area (Å²) in [6.07, 6.45) is 0.796. The average Bonchev–Trinajstić information content (AvgIpc) is 3.11. The molecule has 4 aromatic rings. The van der Waals surface area contributed by atoms with Gasteiger partial charge in [-0.3, -0.25) is 10.3 Å². The molecular formula is C27H31ClN4O. The molecule has 0 aliphatic carbocycles. The molecule has 172 valence electrons. The number of fused-ring (bicyclic) bond motifs is 1. The fourth-order valence-corrected chi connectivity index (χ4v) is 4.34. The summed E-state index contributed by atoms with van der Waals surface area (Å²) in [7, 11) is 0. The lowest BCUT2D eigenvalue weighted by Gasteiger charge is -2.21. The van der Waals surface area contributed by atoms with E-state index in [9.17, 15) is 0 Å². The third-order valence-corrected chi connectivity index (χ3v) is 6.24. The molecule has 0 spiro atoms. The van der Waals surface area contributed by atoms with Gasteiger partial charge in [-0.25, -0.2) is 0 Å². The third kappa shape index (κ3) is 5.67. The molecule has 3 aromatic carbocycles. The van der Waals surface area contributed by atoms with Gasteiger partial charge in [0.25, 0.3) is 0 Å². The van der Waals surface area contributed by atoms with Crippen LogP contribution >= 0.6 is 11.6 Å². The molecule has 4 rings (SSSR count). The van der Waals surface area contributed by atoms with Gasteiger partial charge in [0.15, 0.2) is 0 Å². The lowest BCUT2D eigenvalue weighted by molar-refractivity contribution is 0.266. The molecule has 5 nitrogen and oxygen atoms in total. The number of rotatable bonds is 11. The summed E-state index contributed by atoms with van der Waals surface area (Å²) in [6.45, 7) is 7.03. The van der Waals surface area contributed by atoms with Gasteiger partial charge in [0.05, 0.1) is 22.7 Å². The topological polar surface area (TPSA) is 46.2 Å². The molecule has 0 atom stereocenters. The van der Waals surface area contributed by atoms with Crippen LogP contribution in [0.1, 0.15) is 18.9 Å². The molecule has 1 heterocycles. The van der Waals surface area contributed by atoms with Crippen LogP contribution < -0.4 is 10.4 Å². The van der Waals surface area contributed by atoms with E-state index in [1.54, 1.807) is 0 Å². The number of nitrogens with zero attached hydrogens (tertiary/aromatic N) is 3. The number of imidazole rings is 1. The van der Waals surface area contributed by atoms with Gasteiger partial charge in [0.2, 0.25) is 5.62 Å². The van der Waals surface area contributed by atoms with E-state index in [0.717, 1.165) is 50.2 Å². The molecule has 1 aromatic heterocycles. The Morgan fingerprint density at radius 3 is 2.18 bits per heavy atom. The number of para-hydroxylation sites is 3. The molecule has 6 heteroatoms.